The van der Waals surface area contributed by atoms with Gasteiger partial charge in [0.05, 0.1) is 0 Å². The fourth-order valence-electron chi connectivity index (χ4n) is 1.13. The predicted molar refractivity (Wildman–Crippen MR) is 58.7 cm³/mol. The Balaban J connectivity index is 2.28. The molecule has 2 aromatic rings. The molecule has 0 N–H and O–H groups in total. The van der Waals surface area contributed by atoms with E-state index in [4.69, 9.17) is 27.7 Å². The molecule has 0 aliphatic rings. The summed E-state index contributed by atoms with van der Waals surface area (Å²) < 4.78 is 4.74. The van der Waals surface area contributed by atoms with Crippen molar-refractivity contribution in [1.29, 1.82) is 0 Å². The molecule has 6 heteroatoms. The van der Waals surface area contributed by atoms with Gasteiger partial charge in [0.2, 0.25) is 17.5 Å². The number of ketones is 1. The van der Waals surface area contributed by atoms with E-state index in [2.05, 4.69) is 10.1 Å². The first-order valence-corrected chi connectivity index (χ1v) is 5.31. The van der Waals surface area contributed by atoms with Crippen molar-refractivity contribution in [3.8, 4) is 0 Å². The second-order valence-corrected chi connectivity index (χ2v) is 3.69. The molecule has 0 saturated heterocycles. The lowest BCUT2D eigenvalue weighted by molar-refractivity contribution is 0.102. The molecule has 1 aromatic carbocycles. The van der Waals surface area contributed by atoms with Crippen molar-refractivity contribution in [1.82, 2.24) is 10.1 Å². The van der Waals surface area contributed by atoms with E-state index in [-0.39, 0.29) is 23.4 Å². The lowest BCUT2D eigenvalue weighted by Gasteiger charge is -1.95. The van der Waals surface area contributed by atoms with Crippen molar-refractivity contribution in [2.24, 2.45) is 0 Å². The molecule has 0 amide bonds. The Hall–Kier alpha value is -1.39. The molecule has 0 unspecified atom stereocenters. The van der Waals surface area contributed by atoms with Crippen molar-refractivity contribution in [3.05, 3.63) is 46.6 Å². The number of hydrogen-bond acceptors (Lipinski definition) is 4. The quantitative estimate of drug-likeness (QED) is 0.626. The average molecular weight is 257 g/mol. The summed E-state index contributed by atoms with van der Waals surface area (Å²) in [4.78, 5) is 15.7. The minimum absolute atomic E-state index is 0.00188. The number of alkyl halides is 1. The first kappa shape index (κ1) is 11.1. The molecule has 0 aliphatic carbocycles. The van der Waals surface area contributed by atoms with Crippen LogP contribution >= 0.6 is 23.2 Å². The molecule has 0 spiro atoms. The normalized spacial score (nSPS) is 10.4. The van der Waals surface area contributed by atoms with Gasteiger partial charge in [-0.1, -0.05) is 16.8 Å². The number of carbonyl (C=O) groups is 1. The molecule has 0 saturated carbocycles. The Kier molecular flexibility index (Phi) is 3.22. The zero-order valence-electron chi connectivity index (χ0n) is 7.98. The van der Waals surface area contributed by atoms with Crippen molar-refractivity contribution >= 4 is 29.0 Å². The number of carbonyl (C=O) groups excluding carboxylic acids is 1. The van der Waals surface area contributed by atoms with Crippen molar-refractivity contribution in [2.75, 3.05) is 0 Å². The summed E-state index contributed by atoms with van der Waals surface area (Å²) in [6, 6.07) is 6.44. The van der Waals surface area contributed by atoms with Crippen LogP contribution in [0.4, 0.5) is 0 Å². The molecule has 1 heterocycles. The van der Waals surface area contributed by atoms with Gasteiger partial charge in [-0.3, -0.25) is 4.79 Å². The van der Waals surface area contributed by atoms with Gasteiger partial charge < -0.3 is 4.52 Å². The van der Waals surface area contributed by atoms with E-state index in [1.54, 1.807) is 24.3 Å². The van der Waals surface area contributed by atoms with E-state index >= 15 is 0 Å². The lowest BCUT2D eigenvalue weighted by atomic mass is 10.1. The van der Waals surface area contributed by atoms with Gasteiger partial charge in [0.25, 0.3) is 0 Å². The Bertz CT molecular complexity index is 508. The summed E-state index contributed by atoms with van der Waals surface area (Å²) in [7, 11) is 0. The highest BCUT2D eigenvalue weighted by Crippen LogP contribution is 2.12. The van der Waals surface area contributed by atoms with Crippen LogP contribution in [0.1, 0.15) is 22.1 Å². The van der Waals surface area contributed by atoms with Crippen LogP contribution in [0.2, 0.25) is 5.02 Å². The molecule has 0 radical (unpaired) electrons. The zero-order valence-corrected chi connectivity index (χ0v) is 9.50. The third kappa shape index (κ3) is 2.23. The van der Waals surface area contributed by atoms with Gasteiger partial charge in [-0.25, -0.2) is 0 Å². The van der Waals surface area contributed by atoms with Crippen LogP contribution < -0.4 is 0 Å². The van der Waals surface area contributed by atoms with Crippen LogP contribution in [0.25, 0.3) is 0 Å². The van der Waals surface area contributed by atoms with E-state index in [1.807, 2.05) is 0 Å². The van der Waals surface area contributed by atoms with E-state index in [9.17, 15) is 4.79 Å². The summed E-state index contributed by atoms with van der Waals surface area (Å²) in [5.41, 5.74) is 0.450. The maximum atomic E-state index is 11.8. The van der Waals surface area contributed by atoms with Crippen molar-refractivity contribution in [3.63, 3.8) is 0 Å². The number of hydrogen-bond donors (Lipinski definition) is 0. The molecular weight excluding hydrogens is 251 g/mol. The number of rotatable bonds is 3. The topological polar surface area (TPSA) is 56.0 Å². The van der Waals surface area contributed by atoms with Gasteiger partial charge in [0.15, 0.2) is 0 Å². The lowest BCUT2D eigenvalue weighted by Crippen LogP contribution is -2.03. The molecule has 0 fully saturated rings. The molecule has 0 atom stereocenters. The van der Waals surface area contributed by atoms with E-state index in [0.717, 1.165) is 0 Å². The number of halogens is 2. The third-order valence-electron chi connectivity index (χ3n) is 1.89. The van der Waals surface area contributed by atoms with Crippen LogP contribution in [-0.2, 0) is 5.88 Å². The smallest absolute Gasteiger partial charge is 0.243 e. The molecule has 0 aliphatic heterocycles. The van der Waals surface area contributed by atoms with Crippen molar-refractivity contribution in [2.45, 2.75) is 5.88 Å². The minimum atomic E-state index is -0.322. The van der Waals surface area contributed by atoms with Gasteiger partial charge in [-0.2, -0.15) is 4.98 Å². The summed E-state index contributed by atoms with van der Waals surface area (Å²) >= 11 is 11.2. The number of benzene rings is 1. The second kappa shape index (κ2) is 4.63. The van der Waals surface area contributed by atoms with Gasteiger partial charge in [-0.15, -0.1) is 11.6 Å². The van der Waals surface area contributed by atoms with Gasteiger partial charge >= 0.3 is 0 Å². The summed E-state index contributed by atoms with van der Waals surface area (Å²) in [5, 5.41) is 4.09. The van der Waals surface area contributed by atoms with Crippen LogP contribution in [0.3, 0.4) is 0 Å². The Labute approximate surface area is 101 Å². The Morgan fingerprint density at radius 2 is 2.00 bits per heavy atom. The molecular formula is C10H6Cl2N2O2. The van der Waals surface area contributed by atoms with Gasteiger partial charge in [0.1, 0.15) is 5.88 Å². The fraction of sp³-hybridized carbons (Fsp3) is 0.100. The van der Waals surface area contributed by atoms with Crippen LogP contribution in [0.5, 0.6) is 0 Å². The van der Waals surface area contributed by atoms with E-state index < -0.39 is 0 Å². The predicted octanol–water partition coefficient (Wildman–Crippen LogP) is 2.69. The summed E-state index contributed by atoms with van der Waals surface area (Å²) in [5.74, 6) is -0.0188. The Morgan fingerprint density at radius 1 is 1.31 bits per heavy atom. The maximum Gasteiger partial charge on any atom is 0.243 e. The average Bonchev–Trinajstić information content (AvgIpc) is 2.77. The number of aromatic nitrogens is 2. The highest BCUT2D eigenvalue weighted by molar-refractivity contribution is 6.30. The molecule has 2 rings (SSSR count). The monoisotopic (exact) mass is 256 g/mol. The molecule has 82 valence electrons. The van der Waals surface area contributed by atoms with E-state index in [1.165, 1.54) is 0 Å². The standard InChI is InChI=1S/C10H6Cl2N2O2/c11-5-8-13-10(14-16-8)9(15)6-1-3-7(12)4-2-6/h1-4H,5H2. The molecule has 0 bridgehead atoms. The van der Waals surface area contributed by atoms with E-state index in [0.29, 0.717) is 10.6 Å². The third-order valence-corrected chi connectivity index (χ3v) is 2.37. The van der Waals surface area contributed by atoms with Crippen molar-refractivity contribution < 1.29 is 9.32 Å². The zero-order chi connectivity index (χ0) is 11.5. The van der Waals surface area contributed by atoms with Gasteiger partial charge in [-0.05, 0) is 24.3 Å². The second-order valence-electron chi connectivity index (χ2n) is 2.98. The highest BCUT2D eigenvalue weighted by atomic mass is 35.5. The maximum absolute atomic E-state index is 11.8. The summed E-state index contributed by atoms with van der Waals surface area (Å²) in [6.07, 6.45) is 0. The highest BCUT2D eigenvalue weighted by Gasteiger charge is 2.15. The first-order chi connectivity index (χ1) is 7.70. The number of nitrogens with zero attached hydrogens (tertiary/aromatic N) is 2. The summed E-state index contributed by atoms with van der Waals surface area (Å²) in [6.45, 7) is 0. The molecule has 1 aromatic heterocycles. The molecule has 16 heavy (non-hydrogen) atoms. The fourth-order valence-corrected chi connectivity index (χ4v) is 1.37. The first-order valence-electron chi connectivity index (χ1n) is 4.39. The van der Waals surface area contributed by atoms with Gasteiger partial charge in [0, 0.05) is 10.6 Å². The van der Waals surface area contributed by atoms with Crippen LogP contribution in [0, 0.1) is 0 Å². The SMILES string of the molecule is O=C(c1ccc(Cl)cc1)c1noc(CCl)n1. The Morgan fingerprint density at radius 3 is 2.56 bits per heavy atom. The van der Waals surface area contributed by atoms with Crippen LogP contribution in [0.15, 0.2) is 28.8 Å². The minimum Gasteiger partial charge on any atom is -0.338 e. The largest absolute Gasteiger partial charge is 0.338 e. The van der Waals surface area contributed by atoms with Crippen LogP contribution in [-0.4, -0.2) is 15.9 Å². The molecule has 4 nitrogen and oxygen atoms in total.